The normalized spacial score (nSPS) is 13.6. The first kappa shape index (κ1) is 20.4. The molecule has 0 bridgehead atoms. The first-order valence-electron chi connectivity index (χ1n) is 8.49. The Morgan fingerprint density at radius 1 is 1.26 bits per heavy atom. The second-order valence-corrected chi connectivity index (χ2v) is 7.00. The van der Waals surface area contributed by atoms with Crippen molar-refractivity contribution in [3.8, 4) is 0 Å². The molecule has 0 spiro atoms. The van der Waals surface area contributed by atoms with E-state index in [0.717, 1.165) is 11.8 Å². The molecule has 0 aliphatic rings. The number of nitrogens with zero attached hydrogens (tertiary/aromatic N) is 1. The molecule has 0 saturated heterocycles. The van der Waals surface area contributed by atoms with Crippen molar-refractivity contribution in [2.45, 2.75) is 52.0 Å². The summed E-state index contributed by atoms with van der Waals surface area (Å²) in [6, 6.07) is 8.70. The number of ether oxygens (including phenoxy) is 2. The highest BCUT2D eigenvalue weighted by Gasteiger charge is 2.30. The Morgan fingerprint density at radius 2 is 1.93 bits per heavy atom. The third kappa shape index (κ3) is 6.41. The number of benzene rings is 1. The topological polar surface area (TPSA) is 111 Å². The fraction of sp³-hybridized carbons (Fsp3) is 0.421. The van der Waals surface area contributed by atoms with Gasteiger partial charge in [0.15, 0.2) is 5.69 Å². The van der Waals surface area contributed by atoms with Crippen molar-refractivity contribution in [3.05, 3.63) is 53.7 Å². The maximum absolute atomic E-state index is 12.2. The monoisotopic (exact) mass is 376 g/mol. The number of aromatic carboxylic acids is 1. The third-order valence-electron chi connectivity index (χ3n) is 3.50. The molecule has 0 aliphatic heterocycles. The first-order valence-corrected chi connectivity index (χ1v) is 8.49. The van der Waals surface area contributed by atoms with Crippen LogP contribution in [0.25, 0.3) is 0 Å². The number of amides is 1. The van der Waals surface area contributed by atoms with Crippen molar-refractivity contribution in [2.75, 3.05) is 0 Å². The zero-order valence-corrected chi connectivity index (χ0v) is 15.8. The maximum atomic E-state index is 12.2. The molecule has 2 atom stereocenters. The minimum absolute atomic E-state index is 0.0267. The molecule has 0 radical (unpaired) electrons. The lowest BCUT2D eigenvalue weighted by molar-refractivity contribution is 0.00874. The van der Waals surface area contributed by atoms with Crippen LogP contribution < -0.4 is 5.32 Å². The second-order valence-electron chi connectivity index (χ2n) is 7.00. The van der Waals surface area contributed by atoms with Crippen LogP contribution in [0.2, 0.25) is 0 Å². The Bertz CT molecular complexity index is 766. The van der Waals surface area contributed by atoms with Gasteiger partial charge in [0.2, 0.25) is 5.89 Å². The van der Waals surface area contributed by atoms with Crippen LogP contribution >= 0.6 is 0 Å². The van der Waals surface area contributed by atoms with Gasteiger partial charge in [-0.2, -0.15) is 0 Å². The van der Waals surface area contributed by atoms with E-state index in [9.17, 15) is 9.59 Å². The minimum atomic E-state index is -1.22. The summed E-state index contributed by atoms with van der Waals surface area (Å²) in [6.45, 7) is 7.26. The highest BCUT2D eigenvalue weighted by atomic mass is 16.6. The van der Waals surface area contributed by atoms with Crippen LogP contribution in [0.4, 0.5) is 4.79 Å². The Hall–Kier alpha value is -2.87. The van der Waals surface area contributed by atoms with Gasteiger partial charge in [-0.15, -0.1) is 0 Å². The summed E-state index contributed by atoms with van der Waals surface area (Å²) >= 11 is 0. The predicted octanol–water partition coefficient (Wildman–Crippen LogP) is 3.54. The SMILES string of the molecule is C[C@@H](OCc1ccccc1)[C@H](NC(=O)OC(C)(C)C)c1nc(C(=O)O)co1. The van der Waals surface area contributed by atoms with Gasteiger partial charge < -0.3 is 24.3 Å². The van der Waals surface area contributed by atoms with E-state index in [4.69, 9.17) is 19.0 Å². The molecule has 0 fully saturated rings. The number of carbonyl (C=O) groups is 2. The predicted molar refractivity (Wildman–Crippen MR) is 96.3 cm³/mol. The number of carboxylic acid groups (broad SMARTS) is 1. The molecule has 2 aromatic rings. The lowest BCUT2D eigenvalue weighted by Gasteiger charge is -2.25. The Labute approximate surface area is 157 Å². The summed E-state index contributed by atoms with van der Waals surface area (Å²) in [5, 5.41) is 11.7. The van der Waals surface area contributed by atoms with Crippen LogP contribution in [0.15, 0.2) is 41.0 Å². The first-order chi connectivity index (χ1) is 12.7. The van der Waals surface area contributed by atoms with E-state index in [1.807, 2.05) is 30.3 Å². The van der Waals surface area contributed by atoms with E-state index in [1.165, 1.54) is 0 Å². The van der Waals surface area contributed by atoms with Gasteiger partial charge in [0.05, 0.1) is 12.7 Å². The Morgan fingerprint density at radius 3 is 2.48 bits per heavy atom. The number of carbonyl (C=O) groups excluding carboxylic acids is 1. The Kier molecular flexibility index (Phi) is 6.57. The van der Waals surface area contributed by atoms with E-state index in [1.54, 1.807) is 27.7 Å². The number of nitrogens with one attached hydrogen (secondary N) is 1. The van der Waals surface area contributed by atoms with Gasteiger partial charge in [0.25, 0.3) is 0 Å². The van der Waals surface area contributed by atoms with Crippen LogP contribution in [-0.4, -0.2) is 33.9 Å². The number of alkyl carbamates (subject to hydrolysis) is 1. The molecule has 2 rings (SSSR count). The fourth-order valence-corrected chi connectivity index (χ4v) is 2.24. The Balaban J connectivity index is 2.14. The summed E-state index contributed by atoms with van der Waals surface area (Å²) in [5.74, 6) is -1.20. The zero-order valence-electron chi connectivity index (χ0n) is 15.8. The molecule has 27 heavy (non-hydrogen) atoms. The van der Waals surface area contributed by atoms with Gasteiger partial charge in [0.1, 0.15) is 17.9 Å². The van der Waals surface area contributed by atoms with Crippen molar-refractivity contribution in [1.29, 1.82) is 0 Å². The molecule has 1 amide bonds. The van der Waals surface area contributed by atoms with E-state index in [2.05, 4.69) is 10.3 Å². The molecule has 1 aromatic heterocycles. The average Bonchev–Trinajstić information content (AvgIpc) is 3.07. The molecule has 1 heterocycles. The summed E-state index contributed by atoms with van der Waals surface area (Å²) in [4.78, 5) is 27.2. The number of hydrogen-bond acceptors (Lipinski definition) is 6. The number of carboxylic acids is 1. The van der Waals surface area contributed by atoms with Crippen molar-refractivity contribution in [1.82, 2.24) is 10.3 Å². The van der Waals surface area contributed by atoms with Gasteiger partial charge in [0, 0.05) is 0 Å². The molecular formula is C19H24N2O6. The largest absolute Gasteiger partial charge is 0.476 e. The van der Waals surface area contributed by atoms with Crippen molar-refractivity contribution < 1.29 is 28.6 Å². The smallest absolute Gasteiger partial charge is 0.408 e. The van der Waals surface area contributed by atoms with Crippen molar-refractivity contribution in [3.63, 3.8) is 0 Å². The van der Waals surface area contributed by atoms with Crippen molar-refractivity contribution in [2.24, 2.45) is 0 Å². The maximum Gasteiger partial charge on any atom is 0.408 e. The quantitative estimate of drug-likeness (QED) is 0.760. The third-order valence-corrected chi connectivity index (χ3v) is 3.50. The summed E-state index contributed by atoms with van der Waals surface area (Å²) in [5.41, 5.74) is 0.0150. The molecular weight excluding hydrogens is 352 g/mol. The van der Waals surface area contributed by atoms with Gasteiger partial charge in [-0.3, -0.25) is 0 Å². The van der Waals surface area contributed by atoms with Crippen LogP contribution in [0.1, 0.15) is 55.7 Å². The van der Waals surface area contributed by atoms with Crippen molar-refractivity contribution >= 4 is 12.1 Å². The van der Waals surface area contributed by atoms with E-state index in [0.29, 0.717) is 6.61 Å². The standard InChI is InChI=1S/C19H24N2O6/c1-12(25-10-13-8-6-5-7-9-13)15(21-18(24)27-19(2,3)4)16-20-14(11-26-16)17(22)23/h5-9,11-12,15H,10H2,1-4H3,(H,21,24)(H,22,23)/t12-,15+/m1/s1. The molecule has 8 heteroatoms. The molecule has 0 aliphatic carbocycles. The number of aromatic nitrogens is 1. The summed E-state index contributed by atoms with van der Waals surface area (Å²) in [7, 11) is 0. The van der Waals surface area contributed by atoms with Gasteiger partial charge >= 0.3 is 12.1 Å². The van der Waals surface area contributed by atoms with Gasteiger partial charge in [-0.05, 0) is 33.3 Å². The molecule has 0 saturated carbocycles. The number of hydrogen-bond donors (Lipinski definition) is 2. The molecule has 1 aromatic carbocycles. The average molecular weight is 376 g/mol. The van der Waals surface area contributed by atoms with Gasteiger partial charge in [-0.1, -0.05) is 30.3 Å². The molecule has 0 unspecified atom stereocenters. The summed E-state index contributed by atoms with van der Waals surface area (Å²) in [6.07, 6.45) is -0.221. The van der Waals surface area contributed by atoms with E-state index < -0.39 is 29.8 Å². The van der Waals surface area contributed by atoms with Gasteiger partial charge in [-0.25, -0.2) is 14.6 Å². The zero-order chi connectivity index (χ0) is 20.0. The summed E-state index contributed by atoms with van der Waals surface area (Å²) < 4.78 is 16.3. The van der Waals surface area contributed by atoms with Crippen LogP contribution in [0.3, 0.4) is 0 Å². The highest BCUT2D eigenvalue weighted by Crippen LogP contribution is 2.21. The van der Waals surface area contributed by atoms with E-state index in [-0.39, 0.29) is 11.6 Å². The highest BCUT2D eigenvalue weighted by molar-refractivity contribution is 5.84. The van der Waals surface area contributed by atoms with Crippen LogP contribution in [0.5, 0.6) is 0 Å². The lowest BCUT2D eigenvalue weighted by Crippen LogP contribution is -2.40. The van der Waals surface area contributed by atoms with Crippen LogP contribution in [-0.2, 0) is 16.1 Å². The van der Waals surface area contributed by atoms with Crippen LogP contribution in [0, 0.1) is 0 Å². The second kappa shape index (κ2) is 8.68. The molecule has 8 nitrogen and oxygen atoms in total. The number of rotatable bonds is 7. The molecule has 2 N–H and O–H groups in total. The fourth-order valence-electron chi connectivity index (χ4n) is 2.24. The van der Waals surface area contributed by atoms with E-state index >= 15 is 0 Å². The molecule has 146 valence electrons. The lowest BCUT2D eigenvalue weighted by atomic mass is 10.1. The minimum Gasteiger partial charge on any atom is -0.476 e. The number of oxazole rings is 1.